The third kappa shape index (κ3) is 5.01. The highest BCUT2D eigenvalue weighted by Gasteiger charge is 2.21. The van der Waals surface area contributed by atoms with Crippen LogP contribution in [0.25, 0.3) is 86.9 Å². The highest BCUT2D eigenvalue weighted by atomic mass is 32.1. The van der Waals surface area contributed by atoms with Crippen LogP contribution in [0.2, 0.25) is 0 Å². The molecule has 0 radical (unpaired) electrons. The number of thiophene rings is 1. The maximum Gasteiger partial charge on any atom is 0.227 e. The van der Waals surface area contributed by atoms with Crippen LogP contribution in [0, 0.1) is 0 Å². The summed E-state index contributed by atoms with van der Waals surface area (Å²) >= 11 is 1.81. The predicted molar refractivity (Wildman–Crippen MR) is 225 cm³/mol. The fourth-order valence-electron chi connectivity index (χ4n) is 7.74. The molecule has 0 aliphatic heterocycles. The first-order chi connectivity index (χ1) is 26.7. The summed E-state index contributed by atoms with van der Waals surface area (Å²) in [5.74, 6) is 0.630. The lowest BCUT2D eigenvalue weighted by molar-refractivity contribution is 0.620. The monoisotopic (exact) mass is 710 g/mol. The van der Waals surface area contributed by atoms with Crippen LogP contribution in [-0.4, -0.2) is 4.98 Å². The number of para-hydroxylation sites is 1. The van der Waals surface area contributed by atoms with Gasteiger partial charge in [0.1, 0.15) is 16.7 Å². The molecule has 0 aliphatic rings. The van der Waals surface area contributed by atoms with Crippen molar-refractivity contribution in [2.75, 3.05) is 4.90 Å². The minimum Gasteiger partial charge on any atom is -0.456 e. The molecule has 0 atom stereocenters. The SMILES string of the molecule is c1ccc(-c2cccc(N(c3ccc(-c4cc5oc(-c6ccccc6)nc5c5c4sc4ccccc45)cc3)c3ccc4oc5ccccc5c4c3)c2)cc1. The van der Waals surface area contributed by atoms with E-state index < -0.39 is 0 Å². The number of rotatable bonds is 6. The van der Waals surface area contributed by atoms with Crippen molar-refractivity contribution in [3.05, 3.63) is 182 Å². The summed E-state index contributed by atoms with van der Waals surface area (Å²) in [6, 6.07) is 63.8. The van der Waals surface area contributed by atoms with Crippen molar-refractivity contribution in [1.29, 1.82) is 0 Å². The molecule has 5 heteroatoms. The van der Waals surface area contributed by atoms with Crippen molar-refractivity contribution in [3.63, 3.8) is 0 Å². The van der Waals surface area contributed by atoms with Crippen LogP contribution in [0.5, 0.6) is 0 Å². The number of benzene rings is 8. The van der Waals surface area contributed by atoms with Gasteiger partial charge in [-0.25, -0.2) is 4.98 Å². The number of aromatic nitrogens is 1. The van der Waals surface area contributed by atoms with E-state index in [-0.39, 0.29) is 0 Å². The molecule has 11 aromatic rings. The zero-order valence-electron chi connectivity index (χ0n) is 28.9. The van der Waals surface area contributed by atoms with E-state index in [0.29, 0.717) is 5.89 Å². The summed E-state index contributed by atoms with van der Waals surface area (Å²) in [5.41, 5.74) is 12.2. The van der Waals surface area contributed by atoms with Gasteiger partial charge in [-0.1, -0.05) is 109 Å². The number of fused-ring (bicyclic) bond motifs is 8. The van der Waals surface area contributed by atoms with Gasteiger partial charge in [0.15, 0.2) is 5.58 Å². The number of nitrogens with zero attached hydrogens (tertiary/aromatic N) is 2. The third-order valence-electron chi connectivity index (χ3n) is 10.3. The van der Waals surface area contributed by atoms with Crippen LogP contribution in [0.1, 0.15) is 0 Å². The molecular weight excluding hydrogens is 681 g/mol. The van der Waals surface area contributed by atoms with Crippen molar-refractivity contribution in [3.8, 4) is 33.7 Å². The van der Waals surface area contributed by atoms with Gasteiger partial charge in [0.2, 0.25) is 5.89 Å². The Morgan fingerprint density at radius 3 is 1.93 bits per heavy atom. The van der Waals surface area contributed by atoms with Crippen molar-refractivity contribution in [1.82, 2.24) is 4.98 Å². The Kier molecular flexibility index (Phi) is 7.00. The molecule has 3 aromatic heterocycles. The van der Waals surface area contributed by atoms with Crippen molar-refractivity contribution in [2.24, 2.45) is 0 Å². The van der Waals surface area contributed by atoms with E-state index >= 15 is 0 Å². The molecule has 54 heavy (non-hydrogen) atoms. The van der Waals surface area contributed by atoms with Gasteiger partial charge in [-0.05, 0) is 89.5 Å². The molecule has 0 aliphatic carbocycles. The molecule has 0 fully saturated rings. The zero-order valence-corrected chi connectivity index (χ0v) is 29.8. The average molecular weight is 711 g/mol. The van der Waals surface area contributed by atoms with Gasteiger partial charge < -0.3 is 13.7 Å². The Bertz CT molecular complexity index is 3160. The summed E-state index contributed by atoms with van der Waals surface area (Å²) in [7, 11) is 0. The second kappa shape index (κ2) is 12.3. The normalized spacial score (nSPS) is 11.7. The van der Waals surface area contributed by atoms with E-state index in [9.17, 15) is 0 Å². The summed E-state index contributed by atoms with van der Waals surface area (Å²) < 4.78 is 15.2. The lowest BCUT2D eigenvalue weighted by Gasteiger charge is -2.26. The fourth-order valence-corrected chi connectivity index (χ4v) is 8.98. The third-order valence-corrected chi connectivity index (χ3v) is 11.5. The Hall–Kier alpha value is -6.95. The maximum atomic E-state index is 6.50. The van der Waals surface area contributed by atoms with Gasteiger partial charge in [0.25, 0.3) is 0 Å². The van der Waals surface area contributed by atoms with Crippen molar-refractivity contribution < 1.29 is 8.83 Å². The minimum absolute atomic E-state index is 0.630. The Labute approximate surface area is 314 Å². The summed E-state index contributed by atoms with van der Waals surface area (Å²) in [6.45, 7) is 0. The van der Waals surface area contributed by atoms with Crippen LogP contribution in [-0.2, 0) is 0 Å². The van der Waals surface area contributed by atoms with Gasteiger partial charge in [0.05, 0.1) is 0 Å². The van der Waals surface area contributed by atoms with E-state index in [1.54, 1.807) is 0 Å². The molecule has 3 heterocycles. The van der Waals surface area contributed by atoms with Crippen LogP contribution in [0.15, 0.2) is 191 Å². The largest absolute Gasteiger partial charge is 0.456 e. The first kappa shape index (κ1) is 30.7. The number of anilines is 3. The highest BCUT2D eigenvalue weighted by molar-refractivity contribution is 7.26. The summed E-state index contributed by atoms with van der Waals surface area (Å²) in [4.78, 5) is 7.40. The number of hydrogen-bond donors (Lipinski definition) is 0. The second-order valence-corrected chi connectivity index (χ2v) is 14.6. The minimum atomic E-state index is 0.630. The molecule has 0 saturated heterocycles. The Morgan fingerprint density at radius 1 is 0.426 bits per heavy atom. The first-order valence-corrected chi connectivity index (χ1v) is 18.8. The van der Waals surface area contributed by atoms with E-state index in [1.807, 2.05) is 53.8 Å². The van der Waals surface area contributed by atoms with E-state index in [1.165, 1.54) is 20.3 Å². The van der Waals surface area contributed by atoms with Gasteiger partial charge >= 0.3 is 0 Å². The van der Waals surface area contributed by atoms with E-state index in [4.69, 9.17) is 13.8 Å². The van der Waals surface area contributed by atoms with Gasteiger partial charge in [-0.2, -0.15) is 0 Å². The lowest BCUT2D eigenvalue weighted by Crippen LogP contribution is -2.10. The Morgan fingerprint density at radius 2 is 1.09 bits per heavy atom. The van der Waals surface area contributed by atoms with Crippen LogP contribution in [0.3, 0.4) is 0 Å². The zero-order chi connectivity index (χ0) is 35.6. The lowest BCUT2D eigenvalue weighted by atomic mass is 10.0. The number of hydrogen-bond acceptors (Lipinski definition) is 5. The fraction of sp³-hybridized carbons (Fsp3) is 0. The van der Waals surface area contributed by atoms with Gasteiger partial charge in [-0.15, -0.1) is 11.3 Å². The summed E-state index contributed by atoms with van der Waals surface area (Å²) in [5, 5.41) is 4.53. The smallest absolute Gasteiger partial charge is 0.227 e. The van der Waals surface area contributed by atoms with Crippen LogP contribution >= 0.6 is 11.3 Å². The van der Waals surface area contributed by atoms with Crippen molar-refractivity contribution >= 4 is 81.6 Å². The quantitative estimate of drug-likeness (QED) is 0.172. The predicted octanol–water partition coefficient (Wildman–Crippen LogP) is 14.6. The van der Waals surface area contributed by atoms with Gasteiger partial charge in [-0.3, -0.25) is 0 Å². The molecule has 4 nitrogen and oxygen atoms in total. The molecule has 0 bridgehead atoms. The highest BCUT2D eigenvalue weighted by Crippen LogP contribution is 2.46. The molecule has 0 spiro atoms. The maximum absolute atomic E-state index is 6.50. The number of oxazole rings is 1. The first-order valence-electron chi connectivity index (χ1n) is 18.0. The summed E-state index contributed by atoms with van der Waals surface area (Å²) in [6.07, 6.45) is 0. The van der Waals surface area contributed by atoms with Crippen LogP contribution < -0.4 is 4.90 Å². The van der Waals surface area contributed by atoms with Gasteiger partial charge in [0, 0.05) is 59.1 Å². The van der Waals surface area contributed by atoms with E-state index in [2.05, 4.69) is 144 Å². The van der Waals surface area contributed by atoms with Crippen LogP contribution in [0.4, 0.5) is 17.1 Å². The molecule has 8 aromatic carbocycles. The van der Waals surface area contributed by atoms with Crippen molar-refractivity contribution in [2.45, 2.75) is 0 Å². The topological polar surface area (TPSA) is 42.4 Å². The molecule has 254 valence electrons. The molecular formula is C49H30N2O2S. The number of furan rings is 1. The van der Waals surface area contributed by atoms with E-state index in [0.717, 1.165) is 77.7 Å². The molecule has 0 saturated carbocycles. The second-order valence-electron chi connectivity index (χ2n) is 13.5. The molecule has 0 unspecified atom stereocenters. The average Bonchev–Trinajstić information content (AvgIpc) is 3.95. The molecule has 11 rings (SSSR count). The molecule has 0 amide bonds. The molecule has 0 N–H and O–H groups in total. The Balaban J connectivity index is 1.08. The standard InChI is InChI=1S/C49H30N2O2S/c1-3-12-31(13-4-1)34-16-11-17-36(28-34)51(37-26-27-43-41(29-37)38-18-7-9-20-42(38)52-43)35-24-22-32(23-25-35)40-30-44-47(50-49(53-44)33-14-5-2-6-15-33)46-39-19-8-10-21-45(39)54-48(40)46/h1-30H.